The minimum Gasteiger partial charge on any atom is -0.394 e. The molecule has 2 saturated heterocycles. The highest BCUT2D eigenvalue weighted by Gasteiger charge is 2.63. The first-order chi connectivity index (χ1) is 8.99. The first kappa shape index (κ1) is 14.5. The highest BCUT2D eigenvalue weighted by molar-refractivity contribution is 5.06. The van der Waals surface area contributed by atoms with Crippen LogP contribution in [0.4, 0.5) is 0 Å². The lowest BCUT2D eigenvalue weighted by Gasteiger charge is -2.36. The molecule has 2 fully saturated rings. The maximum absolute atomic E-state index is 9.46. The Balaban J connectivity index is 2.23. The van der Waals surface area contributed by atoms with Gasteiger partial charge in [-0.25, -0.2) is 0 Å². The Morgan fingerprint density at radius 1 is 1.42 bits per heavy atom. The molecule has 2 rings (SSSR count). The van der Waals surface area contributed by atoms with Gasteiger partial charge in [-0.3, -0.25) is 0 Å². The van der Waals surface area contributed by atoms with Crippen molar-refractivity contribution >= 4 is 0 Å². The summed E-state index contributed by atoms with van der Waals surface area (Å²) in [6.45, 7) is 3.59. The molecule has 2 aliphatic rings. The zero-order valence-electron chi connectivity index (χ0n) is 11.3. The molecule has 0 bridgehead atoms. The van der Waals surface area contributed by atoms with E-state index in [1.54, 1.807) is 13.8 Å². The molecule has 19 heavy (non-hydrogen) atoms. The van der Waals surface area contributed by atoms with Crippen LogP contribution >= 0.6 is 0 Å². The van der Waals surface area contributed by atoms with E-state index < -0.39 is 29.9 Å². The number of aliphatic hydroxyl groups is 1. The normalized spacial score (nSPS) is 39.9. The summed E-state index contributed by atoms with van der Waals surface area (Å²) in [4.78, 5) is 2.72. The molecule has 0 aromatic heterocycles. The molecule has 108 valence electrons. The molecule has 0 saturated carbocycles. The minimum atomic E-state index is -0.874. The van der Waals surface area contributed by atoms with E-state index in [1.165, 1.54) is 7.11 Å². The van der Waals surface area contributed by atoms with Gasteiger partial charge in [-0.1, -0.05) is 5.11 Å². The number of methoxy groups -OCH3 is 1. The van der Waals surface area contributed by atoms with Crippen molar-refractivity contribution in [3.8, 4) is 0 Å². The maximum atomic E-state index is 9.46. The second kappa shape index (κ2) is 5.24. The number of nitrogens with zero attached hydrogens (tertiary/aromatic N) is 3. The number of azide groups is 1. The predicted molar refractivity (Wildman–Crippen MR) is 64.2 cm³/mol. The van der Waals surface area contributed by atoms with Crippen molar-refractivity contribution in [1.29, 1.82) is 0 Å². The quantitative estimate of drug-likeness (QED) is 0.456. The van der Waals surface area contributed by atoms with Gasteiger partial charge in [-0.2, -0.15) is 0 Å². The van der Waals surface area contributed by atoms with Crippen LogP contribution < -0.4 is 0 Å². The molecule has 2 heterocycles. The predicted octanol–water partition coefficient (Wildman–Crippen LogP) is 0.941. The smallest absolute Gasteiger partial charge is 0.190 e. The molecule has 0 aromatic rings. The van der Waals surface area contributed by atoms with Gasteiger partial charge in [0.1, 0.15) is 17.8 Å². The van der Waals surface area contributed by atoms with Crippen LogP contribution in [0.15, 0.2) is 5.11 Å². The topological polar surface area (TPSA) is 106 Å². The van der Waals surface area contributed by atoms with Gasteiger partial charge in [0.05, 0.1) is 6.61 Å². The van der Waals surface area contributed by atoms with E-state index in [1.807, 2.05) is 0 Å². The standard InChI is InChI=1S/C11H19N3O5/c1-10(2)18-8-9(19-10)17-7(6-15)11(8,16-3)4-5-13-14-12/h7-9,15H,4-6H2,1-3H3/t7-,8+,9-,11-/m1/s1. The average molecular weight is 273 g/mol. The summed E-state index contributed by atoms with van der Waals surface area (Å²) >= 11 is 0. The Kier molecular flexibility index (Phi) is 4.00. The van der Waals surface area contributed by atoms with E-state index in [2.05, 4.69) is 10.0 Å². The lowest BCUT2D eigenvalue weighted by molar-refractivity contribution is -0.238. The number of rotatable bonds is 5. The van der Waals surface area contributed by atoms with E-state index in [0.29, 0.717) is 6.42 Å². The maximum Gasteiger partial charge on any atom is 0.190 e. The highest BCUT2D eigenvalue weighted by Crippen LogP contribution is 2.46. The highest BCUT2D eigenvalue weighted by atomic mass is 16.8. The molecule has 0 unspecified atom stereocenters. The molecular weight excluding hydrogens is 254 g/mol. The van der Waals surface area contributed by atoms with Gasteiger partial charge in [0.15, 0.2) is 12.1 Å². The lowest BCUT2D eigenvalue weighted by atomic mass is 9.88. The minimum absolute atomic E-state index is 0.218. The van der Waals surface area contributed by atoms with Gasteiger partial charge in [0, 0.05) is 18.6 Å². The third-order valence-corrected chi connectivity index (χ3v) is 3.59. The van der Waals surface area contributed by atoms with Crippen LogP contribution in [0.3, 0.4) is 0 Å². The molecule has 2 aliphatic heterocycles. The van der Waals surface area contributed by atoms with Crippen LogP contribution in [0.1, 0.15) is 20.3 Å². The van der Waals surface area contributed by atoms with E-state index in [-0.39, 0.29) is 13.2 Å². The number of ether oxygens (including phenoxy) is 4. The van der Waals surface area contributed by atoms with Gasteiger partial charge >= 0.3 is 0 Å². The van der Waals surface area contributed by atoms with E-state index in [4.69, 9.17) is 24.5 Å². The SMILES string of the molecule is CO[C@]1(CCN=[N+]=[N-])[C@@H](CO)O[C@@H]2OC(C)(C)O[C@@H]21. The molecule has 4 atom stereocenters. The fourth-order valence-electron chi connectivity index (χ4n) is 2.74. The van der Waals surface area contributed by atoms with Crippen LogP contribution in [-0.4, -0.2) is 55.3 Å². The Morgan fingerprint density at radius 2 is 2.16 bits per heavy atom. The van der Waals surface area contributed by atoms with Gasteiger partial charge in [0.2, 0.25) is 0 Å². The van der Waals surface area contributed by atoms with Crippen LogP contribution in [0.2, 0.25) is 0 Å². The average Bonchev–Trinajstić information content (AvgIpc) is 2.81. The van der Waals surface area contributed by atoms with Gasteiger partial charge in [-0.05, 0) is 25.8 Å². The molecule has 0 radical (unpaired) electrons. The van der Waals surface area contributed by atoms with Crippen LogP contribution in [0.5, 0.6) is 0 Å². The third-order valence-electron chi connectivity index (χ3n) is 3.59. The van der Waals surface area contributed by atoms with Crippen molar-refractivity contribution in [2.24, 2.45) is 5.11 Å². The van der Waals surface area contributed by atoms with Gasteiger partial charge < -0.3 is 24.1 Å². The molecule has 0 spiro atoms. The van der Waals surface area contributed by atoms with Gasteiger partial charge in [-0.15, -0.1) is 0 Å². The van der Waals surface area contributed by atoms with E-state index >= 15 is 0 Å². The summed E-state index contributed by atoms with van der Waals surface area (Å²) in [7, 11) is 1.53. The van der Waals surface area contributed by atoms with Crippen molar-refractivity contribution in [3.63, 3.8) is 0 Å². The second-order valence-electron chi connectivity index (χ2n) is 5.10. The van der Waals surface area contributed by atoms with Crippen molar-refractivity contribution < 1.29 is 24.1 Å². The molecule has 8 heteroatoms. The summed E-state index contributed by atoms with van der Waals surface area (Å²) < 4.78 is 22.7. The number of aliphatic hydroxyl groups excluding tert-OH is 1. The summed E-state index contributed by atoms with van der Waals surface area (Å²) in [5, 5.41) is 13.0. The Morgan fingerprint density at radius 3 is 2.74 bits per heavy atom. The lowest BCUT2D eigenvalue weighted by Crippen LogP contribution is -2.52. The summed E-state index contributed by atoms with van der Waals surface area (Å²) in [6, 6.07) is 0. The number of hydrogen-bond acceptors (Lipinski definition) is 6. The second-order valence-corrected chi connectivity index (χ2v) is 5.10. The van der Waals surface area contributed by atoms with Crippen LogP contribution in [0, 0.1) is 0 Å². The molecule has 0 aromatic carbocycles. The zero-order chi connectivity index (χ0) is 14.1. The van der Waals surface area contributed by atoms with Crippen molar-refractivity contribution in [1.82, 2.24) is 0 Å². The third kappa shape index (κ3) is 2.43. The zero-order valence-corrected chi connectivity index (χ0v) is 11.3. The first-order valence-corrected chi connectivity index (χ1v) is 6.17. The Labute approximate surface area is 111 Å². The number of hydrogen-bond donors (Lipinski definition) is 1. The monoisotopic (exact) mass is 273 g/mol. The molecule has 0 aliphatic carbocycles. The fraction of sp³-hybridized carbons (Fsp3) is 1.00. The van der Waals surface area contributed by atoms with Crippen LogP contribution in [-0.2, 0) is 18.9 Å². The summed E-state index contributed by atoms with van der Waals surface area (Å²) in [5.74, 6) is -0.766. The largest absolute Gasteiger partial charge is 0.394 e. The summed E-state index contributed by atoms with van der Waals surface area (Å²) in [5.41, 5.74) is 7.50. The first-order valence-electron chi connectivity index (χ1n) is 6.17. The molecular formula is C11H19N3O5. The molecule has 0 amide bonds. The van der Waals surface area contributed by atoms with Crippen molar-refractivity contribution in [2.75, 3.05) is 20.3 Å². The fourth-order valence-corrected chi connectivity index (χ4v) is 2.74. The van der Waals surface area contributed by atoms with E-state index in [0.717, 1.165) is 0 Å². The Hall–Kier alpha value is -0.890. The number of fused-ring (bicyclic) bond motifs is 1. The van der Waals surface area contributed by atoms with Gasteiger partial charge in [0.25, 0.3) is 0 Å². The van der Waals surface area contributed by atoms with Crippen molar-refractivity contribution in [2.45, 2.75) is 50.2 Å². The van der Waals surface area contributed by atoms with Crippen LogP contribution in [0.25, 0.3) is 10.4 Å². The Bertz CT molecular complexity index is 385. The van der Waals surface area contributed by atoms with E-state index in [9.17, 15) is 5.11 Å². The molecule has 8 nitrogen and oxygen atoms in total. The summed E-state index contributed by atoms with van der Waals surface area (Å²) in [6.07, 6.45) is -1.23. The van der Waals surface area contributed by atoms with Crippen molar-refractivity contribution in [3.05, 3.63) is 10.4 Å². The molecule has 1 N–H and O–H groups in total.